The highest BCUT2D eigenvalue weighted by molar-refractivity contribution is 7.99. The zero-order valence-electron chi connectivity index (χ0n) is 11.4. The first-order valence-corrected chi connectivity index (χ1v) is 8.12. The van der Waals surface area contributed by atoms with Crippen LogP contribution in [0.2, 0.25) is 0 Å². The van der Waals surface area contributed by atoms with Crippen LogP contribution in [0.1, 0.15) is 46.5 Å². The maximum atomic E-state index is 10.9. The Morgan fingerprint density at radius 1 is 1.53 bits per heavy atom. The molecule has 0 aromatic rings. The minimum atomic E-state index is -0.496. The molecule has 2 saturated heterocycles. The van der Waals surface area contributed by atoms with Gasteiger partial charge >= 0.3 is 0 Å². The van der Waals surface area contributed by atoms with Crippen LogP contribution in [-0.2, 0) is 4.74 Å². The summed E-state index contributed by atoms with van der Waals surface area (Å²) in [4.78, 5) is 0. The Morgan fingerprint density at radius 2 is 2.29 bits per heavy atom. The van der Waals surface area contributed by atoms with Crippen molar-refractivity contribution >= 4 is 11.8 Å². The standard InChI is InChI=1S/C14H26O2S/c1-4-14(15,11(2)3)12-5-7-16-13(9-12)6-8-17-10-13/h11-12,15H,4-10H2,1-3H3. The van der Waals surface area contributed by atoms with Crippen molar-refractivity contribution in [3.8, 4) is 0 Å². The second-order valence-corrected chi connectivity index (χ2v) is 7.13. The zero-order chi connectivity index (χ0) is 12.5. The summed E-state index contributed by atoms with van der Waals surface area (Å²) in [5.41, 5.74) is -0.407. The number of thioether (sulfide) groups is 1. The van der Waals surface area contributed by atoms with Crippen molar-refractivity contribution in [1.29, 1.82) is 0 Å². The molecule has 1 N–H and O–H groups in total. The molecular formula is C14H26O2S. The number of hydrogen-bond acceptors (Lipinski definition) is 3. The topological polar surface area (TPSA) is 29.5 Å². The van der Waals surface area contributed by atoms with Gasteiger partial charge in [-0.15, -0.1) is 0 Å². The van der Waals surface area contributed by atoms with Gasteiger partial charge in [-0.25, -0.2) is 0 Å². The van der Waals surface area contributed by atoms with Crippen molar-refractivity contribution in [1.82, 2.24) is 0 Å². The molecule has 0 radical (unpaired) electrons. The molecule has 2 aliphatic rings. The third kappa shape index (κ3) is 2.52. The molecule has 3 unspecified atom stereocenters. The van der Waals surface area contributed by atoms with Crippen molar-refractivity contribution in [3.05, 3.63) is 0 Å². The highest BCUT2D eigenvalue weighted by atomic mass is 32.2. The lowest BCUT2D eigenvalue weighted by atomic mass is 9.69. The molecule has 0 aliphatic carbocycles. The Kier molecular flexibility index (Phi) is 4.11. The minimum absolute atomic E-state index is 0.0889. The summed E-state index contributed by atoms with van der Waals surface area (Å²) in [5.74, 6) is 3.10. The van der Waals surface area contributed by atoms with Crippen LogP contribution in [0.25, 0.3) is 0 Å². The number of ether oxygens (including phenoxy) is 1. The van der Waals surface area contributed by atoms with Gasteiger partial charge in [0.2, 0.25) is 0 Å². The van der Waals surface area contributed by atoms with E-state index in [1.165, 1.54) is 12.2 Å². The lowest BCUT2D eigenvalue weighted by Gasteiger charge is -2.46. The predicted octanol–water partition coefficient (Wildman–Crippen LogP) is 3.09. The Hall–Kier alpha value is 0.270. The molecule has 2 rings (SSSR count). The Balaban J connectivity index is 2.10. The van der Waals surface area contributed by atoms with Crippen LogP contribution in [0.15, 0.2) is 0 Å². The van der Waals surface area contributed by atoms with Gasteiger partial charge in [0.15, 0.2) is 0 Å². The van der Waals surface area contributed by atoms with E-state index in [1.54, 1.807) is 0 Å². The Bertz CT molecular complexity index is 261. The summed E-state index contributed by atoms with van der Waals surface area (Å²) < 4.78 is 6.04. The highest BCUT2D eigenvalue weighted by Gasteiger charge is 2.47. The molecule has 0 saturated carbocycles. The first-order valence-electron chi connectivity index (χ1n) is 6.96. The van der Waals surface area contributed by atoms with Gasteiger partial charge in [0, 0.05) is 12.4 Å². The maximum Gasteiger partial charge on any atom is 0.0784 e. The van der Waals surface area contributed by atoms with Crippen molar-refractivity contribution in [2.45, 2.75) is 57.7 Å². The van der Waals surface area contributed by atoms with Gasteiger partial charge in [0.1, 0.15) is 0 Å². The number of hydrogen-bond donors (Lipinski definition) is 1. The lowest BCUT2D eigenvalue weighted by molar-refractivity contribution is -0.147. The molecule has 2 aliphatic heterocycles. The van der Waals surface area contributed by atoms with E-state index >= 15 is 0 Å². The van der Waals surface area contributed by atoms with Gasteiger partial charge in [-0.1, -0.05) is 20.8 Å². The smallest absolute Gasteiger partial charge is 0.0784 e. The highest BCUT2D eigenvalue weighted by Crippen LogP contribution is 2.46. The van der Waals surface area contributed by atoms with E-state index in [0.717, 1.165) is 31.6 Å². The third-order valence-corrected chi connectivity index (χ3v) is 6.06. The third-order valence-electron chi connectivity index (χ3n) is 4.83. The summed E-state index contributed by atoms with van der Waals surface area (Å²) >= 11 is 2.00. The fourth-order valence-corrected chi connectivity index (χ4v) is 4.86. The van der Waals surface area contributed by atoms with Crippen LogP contribution in [0.4, 0.5) is 0 Å². The van der Waals surface area contributed by atoms with Crippen molar-refractivity contribution in [2.75, 3.05) is 18.1 Å². The van der Waals surface area contributed by atoms with Crippen LogP contribution in [0.5, 0.6) is 0 Å². The number of rotatable bonds is 3. The molecule has 3 atom stereocenters. The molecule has 2 fully saturated rings. The second kappa shape index (κ2) is 5.10. The monoisotopic (exact) mass is 258 g/mol. The first-order chi connectivity index (χ1) is 8.02. The molecule has 3 heteroatoms. The predicted molar refractivity (Wildman–Crippen MR) is 73.4 cm³/mol. The summed E-state index contributed by atoms with van der Waals surface area (Å²) in [5, 5.41) is 10.9. The molecule has 2 nitrogen and oxygen atoms in total. The average Bonchev–Trinajstić information content (AvgIpc) is 2.76. The van der Waals surface area contributed by atoms with Crippen LogP contribution in [0, 0.1) is 11.8 Å². The quantitative estimate of drug-likeness (QED) is 0.843. The largest absolute Gasteiger partial charge is 0.389 e. The normalized spacial score (nSPS) is 37.6. The average molecular weight is 258 g/mol. The van der Waals surface area contributed by atoms with Crippen LogP contribution >= 0.6 is 11.8 Å². The minimum Gasteiger partial charge on any atom is -0.389 e. The van der Waals surface area contributed by atoms with E-state index in [0.29, 0.717) is 11.8 Å². The van der Waals surface area contributed by atoms with E-state index < -0.39 is 5.60 Å². The van der Waals surface area contributed by atoms with Crippen molar-refractivity contribution < 1.29 is 9.84 Å². The molecular weight excluding hydrogens is 232 g/mol. The van der Waals surface area contributed by atoms with E-state index in [4.69, 9.17) is 4.74 Å². The van der Waals surface area contributed by atoms with E-state index in [1.807, 2.05) is 11.8 Å². The summed E-state index contributed by atoms with van der Waals surface area (Å²) in [6.07, 6.45) is 4.11. The fourth-order valence-electron chi connectivity index (χ4n) is 3.49. The summed E-state index contributed by atoms with van der Waals surface area (Å²) in [6.45, 7) is 7.25. The SMILES string of the molecule is CCC(O)(C(C)C)C1CCOC2(CCSC2)C1. The van der Waals surface area contributed by atoms with E-state index in [-0.39, 0.29) is 5.60 Å². The zero-order valence-corrected chi connectivity index (χ0v) is 12.2. The molecule has 1 spiro atoms. The number of aliphatic hydroxyl groups is 1. The van der Waals surface area contributed by atoms with Crippen LogP contribution < -0.4 is 0 Å². The molecule has 100 valence electrons. The molecule has 0 aromatic heterocycles. The maximum absolute atomic E-state index is 10.9. The Morgan fingerprint density at radius 3 is 2.82 bits per heavy atom. The van der Waals surface area contributed by atoms with E-state index in [2.05, 4.69) is 20.8 Å². The molecule has 2 heterocycles. The van der Waals surface area contributed by atoms with Gasteiger partial charge in [0.05, 0.1) is 11.2 Å². The second-order valence-electron chi connectivity index (χ2n) is 6.02. The summed E-state index contributed by atoms with van der Waals surface area (Å²) in [6, 6.07) is 0. The Labute approximate surface area is 110 Å². The van der Waals surface area contributed by atoms with Crippen LogP contribution in [-0.4, -0.2) is 34.4 Å². The van der Waals surface area contributed by atoms with Gasteiger partial charge in [0.25, 0.3) is 0 Å². The van der Waals surface area contributed by atoms with Gasteiger partial charge in [-0.05, 0) is 43.3 Å². The first kappa shape index (κ1) is 13.7. The molecule has 0 bridgehead atoms. The lowest BCUT2D eigenvalue weighted by Crippen LogP contribution is -2.51. The van der Waals surface area contributed by atoms with Crippen molar-refractivity contribution in [2.24, 2.45) is 11.8 Å². The summed E-state index contributed by atoms with van der Waals surface area (Å²) in [7, 11) is 0. The van der Waals surface area contributed by atoms with E-state index in [9.17, 15) is 5.11 Å². The van der Waals surface area contributed by atoms with Crippen LogP contribution in [0.3, 0.4) is 0 Å². The van der Waals surface area contributed by atoms with Gasteiger partial charge < -0.3 is 9.84 Å². The molecule has 0 amide bonds. The fraction of sp³-hybridized carbons (Fsp3) is 1.00. The van der Waals surface area contributed by atoms with Gasteiger partial charge in [-0.2, -0.15) is 11.8 Å². The molecule has 0 aromatic carbocycles. The van der Waals surface area contributed by atoms with Gasteiger partial charge in [-0.3, -0.25) is 0 Å². The molecule has 17 heavy (non-hydrogen) atoms. The van der Waals surface area contributed by atoms with Crippen molar-refractivity contribution in [3.63, 3.8) is 0 Å².